The standard InChI is InChI=1S/C18H16N2.C2H2/c1-2-3-15(17-8-10-19-13-17)6-4-14-5-7-16-9-11-20-18(16)12-14;1-2/h2-3,5,7-12,19-20H,13H2,1H3;1-2H/b3-2-,17-15+;. The molecule has 1 aliphatic heterocycles. The molecule has 2 heterocycles. The Morgan fingerprint density at radius 2 is 2.14 bits per heavy atom. The van der Waals surface area contributed by atoms with Crippen molar-refractivity contribution in [3.8, 4) is 24.7 Å². The molecule has 0 saturated heterocycles. The summed E-state index contributed by atoms with van der Waals surface area (Å²) in [5.41, 5.74) is 4.45. The van der Waals surface area contributed by atoms with Crippen LogP contribution in [0.1, 0.15) is 12.5 Å². The highest BCUT2D eigenvalue weighted by molar-refractivity contribution is 5.80. The molecule has 22 heavy (non-hydrogen) atoms. The summed E-state index contributed by atoms with van der Waals surface area (Å²) >= 11 is 0. The van der Waals surface area contributed by atoms with Crippen molar-refractivity contribution in [1.82, 2.24) is 10.3 Å². The van der Waals surface area contributed by atoms with Gasteiger partial charge >= 0.3 is 0 Å². The number of aromatic amines is 1. The molecule has 0 atom stereocenters. The van der Waals surface area contributed by atoms with Crippen LogP contribution in [0.2, 0.25) is 0 Å². The molecule has 0 bridgehead atoms. The summed E-state index contributed by atoms with van der Waals surface area (Å²) in [5, 5.41) is 4.40. The van der Waals surface area contributed by atoms with Gasteiger partial charge in [0.1, 0.15) is 0 Å². The molecule has 1 aliphatic rings. The van der Waals surface area contributed by atoms with Crippen LogP contribution in [0.3, 0.4) is 0 Å². The SMILES string of the molecule is C#C.C/C=C\C(C#Cc1ccc2cc[nH]c2c1)=C1\C=CNC1. The van der Waals surface area contributed by atoms with E-state index in [1.54, 1.807) is 0 Å². The van der Waals surface area contributed by atoms with Crippen LogP contribution >= 0.6 is 0 Å². The predicted octanol–water partition coefficient (Wildman–Crippen LogP) is 3.76. The Balaban J connectivity index is 0.000000847. The number of rotatable bonds is 1. The van der Waals surface area contributed by atoms with Gasteiger partial charge in [-0.15, -0.1) is 12.8 Å². The maximum absolute atomic E-state index is 4.00. The van der Waals surface area contributed by atoms with Gasteiger partial charge in [-0.1, -0.05) is 30.1 Å². The molecule has 2 heteroatoms. The van der Waals surface area contributed by atoms with Crippen molar-refractivity contribution in [2.24, 2.45) is 0 Å². The number of terminal acetylenes is 1. The average Bonchev–Trinajstić information content (AvgIpc) is 3.24. The second-order valence-corrected chi connectivity index (χ2v) is 4.68. The predicted molar refractivity (Wildman–Crippen MR) is 94.0 cm³/mol. The van der Waals surface area contributed by atoms with Gasteiger partial charge in [-0.05, 0) is 48.4 Å². The minimum absolute atomic E-state index is 0.851. The third kappa shape index (κ3) is 3.51. The van der Waals surface area contributed by atoms with Crippen LogP contribution in [-0.4, -0.2) is 11.5 Å². The molecule has 2 aromatic rings. The van der Waals surface area contributed by atoms with Crippen LogP contribution in [0, 0.1) is 24.7 Å². The van der Waals surface area contributed by atoms with E-state index in [0.29, 0.717) is 0 Å². The van der Waals surface area contributed by atoms with Gasteiger partial charge in [-0.2, -0.15) is 0 Å². The minimum Gasteiger partial charge on any atom is -0.387 e. The Morgan fingerprint density at radius 3 is 2.86 bits per heavy atom. The third-order valence-corrected chi connectivity index (χ3v) is 3.27. The summed E-state index contributed by atoms with van der Waals surface area (Å²) < 4.78 is 0. The molecule has 0 spiro atoms. The summed E-state index contributed by atoms with van der Waals surface area (Å²) in [7, 11) is 0. The van der Waals surface area contributed by atoms with Gasteiger partial charge in [0.05, 0.1) is 0 Å². The third-order valence-electron chi connectivity index (χ3n) is 3.27. The van der Waals surface area contributed by atoms with E-state index in [0.717, 1.165) is 23.2 Å². The fraction of sp³-hybridized carbons (Fsp3) is 0.100. The van der Waals surface area contributed by atoms with E-state index >= 15 is 0 Å². The molecular weight excluding hydrogens is 268 g/mol. The first-order valence-electron chi connectivity index (χ1n) is 7.05. The zero-order valence-electron chi connectivity index (χ0n) is 12.6. The number of nitrogens with one attached hydrogen (secondary N) is 2. The van der Waals surface area contributed by atoms with Crippen LogP contribution in [0.5, 0.6) is 0 Å². The molecule has 3 rings (SSSR count). The summed E-state index contributed by atoms with van der Waals surface area (Å²) in [5.74, 6) is 6.52. The van der Waals surface area contributed by atoms with Crippen molar-refractivity contribution >= 4 is 10.9 Å². The highest BCUT2D eigenvalue weighted by Gasteiger charge is 2.02. The molecule has 1 aromatic heterocycles. The van der Waals surface area contributed by atoms with Crippen molar-refractivity contribution < 1.29 is 0 Å². The zero-order chi connectivity index (χ0) is 15.8. The van der Waals surface area contributed by atoms with E-state index in [4.69, 9.17) is 0 Å². The maximum atomic E-state index is 4.00. The molecule has 108 valence electrons. The van der Waals surface area contributed by atoms with Crippen molar-refractivity contribution in [2.45, 2.75) is 6.92 Å². The minimum atomic E-state index is 0.851. The molecule has 0 aliphatic carbocycles. The highest BCUT2D eigenvalue weighted by atomic mass is 14.8. The van der Waals surface area contributed by atoms with E-state index in [-0.39, 0.29) is 0 Å². The number of fused-ring (bicyclic) bond motifs is 1. The fourth-order valence-corrected chi connectivity index (χ4v) is 2.23. The van der Waals surface area contributed by atoms with Crippen LogP contribution in [0.15, 0.2) is 66.0 Å². The van der Waals surface area contributed by atoms with Crippen LogP contribution in [-0.2, 0) is 0 Å². The topological polar surface area (TPSA) is 27.8 Å². The van der Waals surface area contributed by atoms with Crippen molar-refractivity contribution in [1.29, 1.82) is 0 Å². The van der Waals surface area contributed by atoms with Gasteiger partial charge in [-0.3, -0.25) is 0 Å². The number of benzene rings is 1. The van der Waals surface area contributed by atoms with Crippen molar-refractivity contribution in [3.63, 3.8) is 0 Å². The van der Waals surface area contributed by atoms with Gasteiger partial charge < -0.3 is 10.3 Å². The average molecular weight is 286 g/mol. The van der Waals surface area contributed by atoms with E-state index in [1.165, 1.54) is 11.0 Å². The van der Waals surface area contributed by atoms with Gasteiger partial charge in [0.15, 0.2) is 0 Å². The summed E-state index contributed by atoms with van der Waals surface area (Å²) in [6, 6.07) is 8.30. The van der Waals surface area contributed by atoms with E-state index < -0.39 is 0 Å². The number of aromatic nitrogens is 1. The number of hydrogen-bond donors (Lipinski definition) is 2. The molecular formula is C20H18N2. The molecule has 2 N–H and O–H groups in total. The molecule has 2 nitrogen and oxygen atoms in total. The normalized spacial score (nSPS) is 14.9. The van der Waals surface area contributed by atoms with Crippen LogP contribution in [0.4, 0.5) is 0 Å². The van der Waals surface area contributed by atoms with Gasteiger partial charge in [0, 0.05) is 29.4 Å². The zero-order valence-corrected chi connectivity index (χ0v) is 12.6. The van der Waals surface area contributed by atoms with E-state index in [1.807, 2.05) is 25.4 Å². The van der Waals surface area contributed by atoms with Crippen LogP contribution in [0.25, 0.3) is 10.9 Å². The first-order chi connectivity index (χ1) is 10.9. The van der Waals surface area contributed by atoms with Gasteiger partial charge in [0.2, 0.25) is 0 Å². The summed E-state index contributed by atoms with van der Waals surface area (Å²) in [6.07, 6.45) is 18.1. The second-order valence-electron chi connectivity index (χ2n) is 4.68. The van der Waals surface area contributed by atoms with Gasteiger partial charge in [-0.25, -0.2) is 0 Å². The Kier molecular flexibility index (Phi) is 5.30. The Bertz CT molecular complexity index is 817. The number of H-pyrrole nitrogens is 1. The van der Waals surface area contributed by atoms with Crippen molar-refractivity contribution in [2.75, 3.05) is 6.54 Å². The fourth-order valence-electron chi connectivity index (χ4n) is 2.23. The molecule has 0 fully saturated rings. The lowest BCUT2D eigenvalue weighted by Crippen LogP contribution is -2.01. The monoisotopic (exact) mass is 286 g/mol. The molecule has 1 aromatic carbocycles. The first-order valence-corrected chi connectivity index (χ1v) is 7.05. The second kappa shape index (κ2) is 7.62. The number of hydrogen-bond acceptors (Lipinski definition) is 1. The quantitative estimate of drug-likeness (QED) is 0.768. The smallest absolute Gasteiger partial charge is 0.0466 e. The molecule has 0 saturated carbocycles. The largest absolute Gasteiger partial charge is 0.387 e. The Morgan fingerprint density at radius 1 is 1.27 bits per heavy atom. The van der Waals surface area contributed by atoms with Crippen LogP contribution < -0.4 is 5.32 Å². The van der Waals surface area contributed by atoms with E-state index in [2.05, 4.69) is 71.4 Å². The number of allylic oxidation sites excluding steroid dienone is 3. The maximum Gasteiger partial charge on any atom is 0.0466 e. The Labute approximate surface area is 131 Å². The van der Waals surface area contributed by atoms with E-state index in [9.17, 15) is 0 Å². The first kappa shape index (κ1) is 15.3. The lowest BCUT2D eigenvalue weighted by atomic mass is 10.1. The van der Waals surface area contributed by atoms with Crippen molar-refractivity contribution in [3.05, 3.63) is 71.6 Å². The lowest BCUT2D eigenvalue weighted by molar-refractivity contribution is 1.00. The summed E-state index contributed by atoms with van der Waals surface area (Å²) in [4.78, 5) is 3.21. The molecule has 0 radical (unpaired) electrons. The molecule has 0 unspecified atom stereocenters. The van der Waals surface area contributed by atoms with Gasteiger partial charge in [0.25, 0.3) is 0 Å². The lowest BCUT2D eigenvalue weighted by Gasteiger charge is -1.97. The Hall–Kier alpha value is -3.10. The molecule has 0 amide bonds. The summed E-state index contributed by atoms with van der Waals surface area (Å²) in [6.45, 7) is 2.86. The highest BCUT2D eigenvalue weighted by Crippen LogP contribution is 2.14.